The maximum atomic E-state index is 6.86. The van der Waals surface area contributed by atoms with Crippen molar-refractivity contribution in [2.45, 2.75) is 128 Å². The summed E-state index contributed by atoms with van der Waals surface area (Å²) < 4.78 is 17.0. The fourth-order valence-corrected chi connectivity index (χ4v) is 4.09. The van der Waals surface area contributed by atoms with E-state index in [4.69, 9.17) is 19.9 Å². The molecule has 0 aliphatic rings. The molecule has 0 aliphatic carbocycles. The van der Waals surface area contributed by atoms with Gasteiger partial charge in [-0.25, -0.2) is 0 Å². The smallest absolute Gasteiger partial charge is 0.301 e. The maximum absolute atomic E-state index is 6.86. The van der Waals surface area contributed by atoms with Crippen molar-refractivity contribution < 1.29 is 14.2 Å². The molecule has 164 valence electrons. The summed E-state index contributed by atoms with van der Waals surface area (Å²) in [4.78, 5) is 0. The lowest BCUT2D eigenvalue weighted by molar-refractivity contribution is -0.385. The van der Waals surface area contributed by atoms with Crippen molar-refractivity contribution >= 4 is 0 Å². The molecule has 4 heteroatoms. The lowest BCUT2D eigenvalue weighted by atomic mass is 9.84. The zero-order chi connectivity index (χ0) is 20.4. The van der Waals surface area contributed by atoms with Gasteiger partial charge >= 0.3 is 5.97 Å². The maximum Gasteiger partial charge on any atom is 0.301 e. The Morgan fingerprint density at radius 3 is 1.11 bits per heavy atom. The number of unbranched alkanes of at least 4 members (excludes halogenated alkanes) is 12. The molecular weight excluding hydrogens is 338 g/mol. The standard InChI is InChI=1S/C23H49NO3/c1-6-8-10-12-14-15-17-19-21-22(24,23(25-3,26-4)27-5)20-18-16-13-11-9-7-2/h6-21,24H2,1-5H3. The van der Waals surface area contributed by atoms with Gasteiger partial charge in [0.15, 0.2) is 0 Å². The molecule has 0 fully saturated rings. The topological polar surface area (TPSA) is 53.7 Å². The van der Waals surface area contributed by atoms with E-state index in [9.17, 15) is 0 Å². The van der Waals surface area contributed by atoms with Crippen LogP contribution in [0.25, 0.3) is 0 Å². The Bertz CT molecular complexity index is 312. The highest BCUT2D eigenvalue weighted by Crippen LogP contribution is 2.35. The summed E-state index contributed by atoms with van der Waals surface area (Å²) in [6.45, 7) is 4.51. The van der Waals surface area contributed by atoms with E-state index in [1.165, 1.54) is 77.0 Å². The van der Waals surface area contributed by atoms with Gasteiger partial charge in [-0.05, 0) is 12.8 Å². The average molecular weight is 388 g/mol. The summed E-state index contributed by atoms with van der Waals surface area (Å²) in [7, 11) is 4.89. The van der Waals surface area contributed by atoms with Crippen molar-refractivity contribution in [3.05, 3.63) is 0 Å². The highest BCUT2D eigenvalue weighted by atomic mass is 16.9. The van der Waals surface area contributed by atoms with E-state index in [0.29, 0.717) is 0 Å². The van der Waals surface area contributed by atoms with Gasteiger partial charge in [0.2, 0.25) is 0 Å². The summed E-state index contributed by atoms with van der Waals surface area (Å²) in [6, 6.07) is 0. The average Bonchev–Trinajstić information content (AvgIpc) is 2.68. The highest BCUT2D eigenvalue weighted by Gasteiger charge is 2.50. The predicted molar refractivity (Wildman–Crippen MR) is 116 cm³/mol. The second-order valence-electron chi connectivity index (χ2n) is 8.07. The minimum absolute atomic E-state index is 0.613. The normalized spacial score (nSPS) is 14.4. The molecule has 0 spiro atoms. The molecule has 0 aliphatic heterocycles. The van der Waals surface area contributed by atoms with Crippen LogP contribution in [0.5, 0.6) is 0 Å². The number of methoxy groups -OCH3 is 3. The van der Waals surface area contributed by atoms with Crippen molar-refractivity contribution in [1.82, 2.24) is 0 Å². The lowest BCUT2D eigenvalue weighted by Crippen LogP contribution is -2.63. The SMILES string of the molecule is CCCCCCCCCCC(N)(CCCCCCCC)C(OC)(OC)OC. The molecule has 0 saturated heterocycles. The third-order valence-corrected chi connectivity index (χ3v) is 5.87. The minimum Gasteiger partial charge on any atom is -0.329 e. The third-order valence-electron chi connectivity index (χ3n) is 5.87. The van der Waals surface area contributed by atoms with Crippen LogP contribution >= 0.6 is 0 Å². The quantitative estimate of drug-likeness (QED) is 0.190. The molecular formula is C23H49NO3. The van der Waals surface area contributed by atoms with E-state index in [1.807, 2.05) is 0 Å². The Kier molecular flexibility index (Phi) is 16.7. The Morgan fingerprint density at radius 1 is 0.519 bits per heavy atom. The lowest BCUT2D eigenvalue weighted by Gasteiger charge is -2.44. The van der Waals surface area contributed by atoms with Crippen molar-refractivity contribution in [3.8, 4) is 0 Å². The largest absolute Gasteiger partial charge is 0.329 e. The van der Waals surface area contributed by atoms with Crippen LogP contribution in [0.3, 0.4) is 0 Å². The van der Waals surface area contributed by atoms with E-state index in [-0.39, 0.29) is 0 Å². The van der Waals surface area contributed by atoms with Gasteiger partial charge < -0.3 is 19.9 Å². The first-order chi connectivity index (χ1) is 13.1. The molecule has 0 rings (SSSR count). The Hall–Kier alpha value is -0.160. The van der Waals surface area contributed by atoms with E-state index in [0.717, 1.165) is 25.7 Å². The number of nitrogens with two attached hydrogens (primary N) is 1. The van der Waals surface area contributed by atoms with Crippen LogP contribution in [-0.4, -0.2) is 32.8 Å². The highest BCUT2D eigenvalue weighted by molar-refractivity contribution is 4.93. The summed E-state index contributed by atoms with van der Waals surface area (Å²) in [5, 5.41) is 0. The summed E-state index contributed by atoms with van der Waals surface area (Å²) >= 11 is 0. The second kappa shape index (κ2) is 16.8. The molecule has 1 unspecified atom stereocenters. The molecule has 0 aromatic rings. The second-order valence-corrected chi connectivity index (χ2v) is 8.07. The minimum atomic E-state index is -1.16. The van der Waals surface area contributed by atoms with Crippen LogP contribution < -0.4 is 5.73 Å². The van der Waals surface area contributed by atoms with Crippen LogP contribution in [0.15, 0.2) is 0 Å². The molecule has 0 aromatic heterocycles. The zero-order valence-electron chi connectivity index (χ0n) is 19.1. The fourth-order valence-electron chi connectivity index (χ4n) is 4.09. The van der Waals surface area contributed by atoms with Crippen LogP contribution in [0.1, 0.15) is 117 Å². The van der Waals surface area contributed by atoms with E-state index >= 15 is 0 Å². The molecule has 0 heterocycles. The first kappa shape index (κ1) is 26.8. The number of ether oxygens (including phenoxy) is 3. The fraction of sp³-hybridized carbons (Fsp3) is 1.00. The molecule has 0 amide bonds. The molecule has 27 heavy (non-hydrogen) atoms. The van der Waals surface area contributed by atoms with Gasteiger partial charge in [0.25, 0.3) is 0 Å². The van der Waals surface area contributed by atoms with Crippen LogP contribution in [0.2, 0.25) is 0 Å². The van der Waals surface area contributed by atoms with Crippen molar-refractivity contribution in [3.63, 3.8) is 0 Å². The van der Waals surface area contributed by atoms with Gasteiger partial charge in [-0.3, -0.25) is 0 Å². The number of hydrogen-bond acceptors (Lipinski definition) is 4. The van der Waals surface area contributed by atoms with Crippen LogP contribution in [0.4, 0.5) is 0 Å². The summed E-state index contributed by atoms with van der Waals surface area (Å²) in [5.41, 5.74) is 6.24. The van der Waals surface area contributed by atoms with E-state index in [2.05, 4.69) is 13.8 Å². The van der Waals surface area contributed by atoms with E-state index in [1.54, 1.807) is 21.3 Å². The van der Waals surface area contributed by atoms with Gasteiger partial charge in [0.1, 0.15) is 0 Å². The van der Waals surface area contributed by atoms with Crippen molar-refractivity contribution in [1.29, 1.82) is 0 Å². The van der Waals surface area contributed by atoms with Crippen LogP contribution in [-0.2, 0) is 14.2 Å². The predicted octanol–water partition coefficient (Wildman–Crippen LogP) is 6.56. The van der Waals surface area contributed by atoms with Crippen molar-refractivity contribution in [2.24, 2.45) is 5.73 Å². The Balaban J connectivity index is 4.47. The van der Waals surface area contributed by atoms with Gasteiger partial charge in [-0.15, -0.1) is 0 Å². The summed E-state index contributed by atoms with van der Waals surface area (Å²) in [5.74, 6) is -1.16. The molecule has 0 radical (unpaired) electrons. The monoisotopic (exact) mass is 387 g/mol. The van der Waals surface area contributed by atoms with Gasteiger partial charge in [0, 0.05) is 21.3 Å². The number of hydrogen-bond donors (Lipinski definition) is 1. The summed E-state index contributed by atoms with van der Waals surface area (Å²) in [6.07, 6.45) is 19.6. The van der Waals surface area contributed by atoms with Gasteiger partial charge in [0.05, 0.1) is 5.54 Å². The van der Waals surface area contributed by atoms with Gasteiger partial charge in [-0.2, -0.15) is 0 Å². The van der Waals surface area contributed by atoms with Gasteiger partial charge in [-0.1, -0.05) is 104 Å². The Labute approximate surface area is 169 Å². The molecule has 1 atom stereocenters. The van der Waals surface area contributed by atoms with E-state index < -0.39 is 11.5 Å². The van der Waals surface area contributed by atoms with Crippen LogP contribution in [0, 0.1) is 0 Å². The molecule has 0 bridgehead atoms. The third kappa shape index (κ3) is 10.3. The first-order valence-corrected chi connectivity index (χ1v) is 11.5. The molecule has 4 nitrogen and oxygen atoms in total. The zero-order valence-corrected chi connectivity index (χ0v) is 19.1. The van der Waals surface area contributed by atoms with Crippen molar-refractivity contribution in [2.75, 3.05) is 21.3 Å². The Morgan fingerprint density at radius 2 is 0.815 bits per heavy atom. The molecule has 2 N–H and O–H groups in total. The molecule has 0 aromatic carbocycles. The first-order valence-electron chi connectivity index (χ1n) is 11.5. The number of rotatable bonds is 20. The molecule has 0 saturated carbocycles.